The summed E-state index contributed by atoms with van der Waals surface area (Å²) in [5.41, 5.74) is 8.48. The number of carbonyl (C=O) groups is 1. The first-order chi connectivity index (χ1) is 17.3. The Kier molecular flexibility index (Phi) is 7.18. The second-order valence-corrected chi connectivity index (χ2v) is 11.2. The predicted molar refractivity (Wildman–Crippen MR) is 145 cm³/mol. The average Bonchev–Trinajstić information content (AvgIpc) is 3.23. The maximum Gasteiger partial charge on any atom is 0.236 e. The summed E-state index contributed by atoms with van der Waals surface area (Å²) in [5, 5.41) is 11.2. The fourth-order valence-electron chi connectivity index (χ4n) is 6.19. The Morgan fingerprint density at radius 2 is 1.81 bits per heavy atom. The number of pyridine rings is 1. The number of aromatic nitrogens is 2. The SMILES string of the molecule is Cc1cc(-c2[nH]c3ccc(C4CCN(CC(=O)N5CCC[C@@H](O)C5)CC4)cc3c2C(C)C)cc(C)n1. The third kappa shape index (κ3) is 5.21. The highest BCUT2D eigenvalue weighted by molar-refractivity contribution is 5.92. The van der Waals surface area contributed by atoms with Crippen molar-refractivity contribution in [2.75, 3.05) is 32.7 Å². The number of hydrogen-bond donors (Lipinski definition) is 2. The van der Waals surface area contributed by atoms with E-state index in [9.17, 15) is 9.90 Å². The zero-order valence-electron chi connectivity index (χ0n) is 22.2. The number of aliphatic hydroxyl groups is 1. The molecule has 2 aliphatic rings. The number of hydrogen-bond acceptors (Lipinski definition) is 4. The van der Waals surface area contributed by atoms with Gasteiger partial charge in [-0.2, -0.15) is 0 Å². The smallest absolute Gasteiger partial charge is 0.236 e. The molecular formula is C30H40N4O2. The molecule has 6 heteroatoms. The van der Waals surface area contributed by atoms with Crippen molar-refractivity contribution in [2.24, 2.45) is 0 Å². The number of nitrogens with one attached hydrogen (secondary N) is 1. The Balaban J connectivity index is 1.32. The molecule has 1 aromatic carbocycles. The lowest BCUT2D eigenvalue weighted by molar-refractivity contribution is -0.135. The number of amides is 1. The summed E-state index contributed by atoms with van der Waals surface area (Å²) in [6.07, 6.45) is 3.48. The summed E-state index contributed by atoms with van der Waals surface area (Å²) < 4.78 is 0. The van der Waals surface area contributed by atoms with Crippen LogP contribution in [0.4, 0.5) is 0 Å². The number of nitrogens with zero attached hydrogens (tertiary/aromatic N) is 3. The van der Waals surface area contributed by atoms with Crippen LogP contribution < -0.4 is 0 Å². The number of fused-ring (bicyclic) bond motifs is 1. The molecule has 2 saturated heterocycles. The number of aliphatic hydroxyl groups excluding tert-OH is 1. The van der Waals surface area contributed by atoms with Gasteiger partial charge in [-0.3, -0.25) is 14.7 Å². The van der Waals surface area contributed by atoms with E-state index in [2.05, 4.69) is 72.9 Å². The van der Waals surface area contributed by atoms with Gasteiger partial charge in [-0.05, 0) is 99.8 Å². The third-order valence-electron chi connectivity index (χ3n) is 7.98. The van der Waals surface area contributed by atoms with Gasteiger partial charge >= 0.3 is 0 Å². The molecule has 2 aliphatic heterocycles. The molecule has 4 heterocycles. The molecule has 2 fully saturated rings. The van der Waals surface area contributed by atoms with Crippen molar-refractivity contribution < 1.29 is 9.90 Å². The third-order valence-corrected chi connectivity index (χ3v) is 7.98. The zero-order valence-corrected chi connectivity index (χ0v) is 22.2. The number of aromatic amines is 1. The Morgan fingerprint density at radius 3 is 2.47 bits per heavy atom. The minimum Gasteiger partial charge on any atom is -0.391 e. The Morgan fingerprint density at radius 1 is 1.08 bits per heavy atom. The second-order valence-electron chi connectivity index (χ2n) is 11.2. The van der Waals surface area contributed by atoms with E-state index in [-0.39, 0.29) is 12.0 Å². The van der Waals surface area contributed by atoms with Crippen LogP contribution in [0.2, 0.25) is 0 Å². The highest BCUT2D eigenvalue weighted by Gasteiger charge is 2.27. The first kappa shape index (κ1) is 25.0. The minimum atomic E-state index is -0.361. The van der Waals surface area contributed by atoms with Crippen LogP contribution in [0.1, 0.15) is 73.9 Å². The van der Waals surface area contributed by atoms with E-state index in [0.29, 0.717) is 24.9 Å². The summed E-state index contributed by atoms with van der Waals surface area (Å²) in [7, 11) is 0. The maximum atomic E-state index is 12.7. The molecule has 0 saturated carbocycles. The number of carbonyl (C=O) groups excluding carboxylic acids is 1. The maximum absolute atomic E-state index is 12.7. The van der Waals surface area contributed by atoms with Crippen molar-refractivity contribution in [3.8, 4) is 11.3 Å². The van der Waals surface area contributed by atoms with Gasteiger partial charge in [-0.1, -0.05) is 19.9 Å². The molecule has 1 atom stereocenters. The predicted octanol–water partition coefficient (Wildman–Crippen LogP) is 5.13. The number of H-pyrrole nitrogens is 1. The summed E-state index contributed by atoms with van der Waals surface area (Å²) in [4.78, 5) is 25.2. The van der Waals surface area contributed by atoms with E-state index in [1.165, 1.54) is 33.3 Å². The van der Waals surface area contributed by atoms with Crippen LogP contribution in [-0.2, 0) is 4.79 Å². The van der Waals surface area contributed by atoms with Crippen LogP contribution in [0.5, 0.6) is 0 Å². The molecule has 1 amide bonds. The lowest BCUT2D eigenvalue weighted by Crippen LogP contribution is -2.47. The van der Waals surface area contributed by atoms with Gasteiger partial charge in [-0.15, -0.1) is 0 Å². The average molecular weight is 489 g/mol. The van der Waals surface area contributed by atoms with E-state index < -0.39 is 0 Å². The van der Waals surface area contributed by atoms with Gasteiger partial charge < -0.3 is 15.0 Å². The van der Waals surface area contributed by atoms with Crippen LogP contribution in [0.25, 0.3) is 22.2 Å². The van der Waals surface area contributed by atoms with E-state index in [0.717, 1.165) is 56.7 Å². The van der Waals surface area contributed by atoms with Gasteiger partial charge in [0.15, 0.2) is 0 Å². The number of benzene rings is 1. The number of β-amino-alcohol motifs (C(OH)–C–C–N with tert-alkyl or cyclic N) is 1. The summed E-state index contributed by atoms with van der Waals surface area (Å²) in [6, 6.07) is 11.3. The van der Waals surface area contributed by atoms with Crippen molar-refractivity contribution in [2.45, 2.75) is 71.3 Å². The topological polar surface area (TPSA) is 72.5 Å². The van der Waals surface area contributed by atoms with Crippen molar-refractivity contribution in [1.82, 2.24) is 19.8 Å². The Labute approximate surface area is 214 Å². The summed E-state index contributed by atoms with van der Waals surface area (Å²) in [5.74, 6) is 1.08. The van der Waals surface area contributed by atoms with E-state index in [4.69, 9.17) is 0 Å². The minimum absolute atomic E-state index is 0.164. The van der Waals surface area contributed by atoms with Crippen LogP contribution in [0, 0.1) is 13.8 Å². The Hall–Kier alpha value is -2.70. The van der Waals surface area contributed by atoms with Gasteiger partial charge in [-0.25, -0.2) is 0 Å². The summed E-state index contributed by atoms with van der Waals surface area (Å²) >= 11 is 0. The van der Waals surface area contributed by atoms with Crippen molar-refractivity contribution in [3.63, 3.8) is 0 Å². The largest absolute Gasteiger partial charge is 0.391 e. The van der Waals surface area contributed by atoms with Crippen LogP contribution in [0.3, 0.4) is 0 Å². The van der Waals surface area contributed by atoms with Gasteiger partial charge in [0.1, 0.15) is 0 Å². The fourth-order valence-corrected chi connectivity index (χ4v) is 6.19. The molecule has 3 aromatic rings. The Bertz CT molecular complexity index is 1220. The molecule has 0 unspecified atom stereocenters. The van der Waals surface area contributed by atoms with Crippen molar-refractivity contribution in [3.05, 3.63) is 52.8 Å². The molecule has 192 valence electrons. The highest BCUT2D eigenvalue weighted by Crippen LogP contribution is 2.38. The molecule has 2 aromatic heterocycles. The number of piperidine rings is 2. The van der Waals surface area contributed by atoms with Gasteiger partial charge in [0.2, 0.25) is 5.91 Å². The van der Waals surface area contributed by atoms with Crippen LogP contribution >= 0.6 is 0 Å². The quantitative estimate of drug-likeness (QED) is 0.522. The van der Waals surface area contributed by atoms with Gasteiger partial charge in [0.05, 0.1) is 18.3 Å². The lowest BCUT2D eigenvalue weighted by atomic mass is 9.87. The molecule has 0 radical (unpaired) electrons. The first-order valence-corrected chi connectivity index (χ1v) is 13.6. The molecule has 0 aliphatic carbocycles. The van der Waals surface area contributed by atoms with Gasteiger partial charge in [0, 0.05) is 40.9 Å². The molecule has 2 N–H and O–H groups in total. The molecule has 36 heavy (non-hydrogen) atoms. The number of likely N-dealkylation sites (tertiary alicyclic amines) is 2. The monoisotopic (exact) mass is 488 g/mol. The molecule has 0 bridgehead atoms. The normalized spacial score (nSPS) is 19.9. The molecule has 6 nitrogen and oxygen atoms in total. The van der Waals surface area contributed by atoms with E-state index in [1.807, 2.05) is 4.90 Å². The number of rotatable bonds is 5. The van der Waals surface area contributed by atoms with Crippen molar-refractivity contribution in [1.29, 1.82) is 0 Å². The lowest BCUT2D eigenvalue weighted by Gasteiger charge is -2.35. The molecule has 5 rings (SSSR count). The van der Waals surface area contributed by atoms with Crippen LogP contribution in [0.15, 0.2) is 30.3 Å². The van der Waals surface area contributed by atoms with Crippen molar-refractivity contribution >= 4 is 16.8 Å². The standard InChI is InChI=1S/C30H40N4O2/c1-19(2)29-26-16-23(7-8-27(26)32-30(29)24-14-20(3)31-21(4)15-24)22-9-12-33(13-10-22)18-28(36)34-11-5-6-25(35)17-34/h7-8,14-16,19,22,25,32,35H,5-6,9-13,17-18H2,1-4H3/t25-/m1/s1. The summed E-state index contributed by atoms with van der Waals surface area (Å²) in [6.45, 7) is 12.3. The fraction of sp³-hybridized carbons (Fsp3) is 0.533. The van der Waals surface area contributed by atoms with Gasteiger partial charge in [0.25, 0.3) is 0 Å². The van der Waals surface area contributed by atoms with E-state index in [1.54, 1.807) is 0 Å². The highest BCUT2D eigenvalue weighted by atomic mass is 16.3. The first-order valence-electron chi connectivity index (χ1n) is 13.6. The molecular weight excluding hydrogens is 448 g/mol. The van der Waals surface area contributed by atoms with E-state index >= 15 is 0 Å². The van der Waals surface area contributed by atoms with Crippen LogP contribution in [-0.4, -0.2) is 69.6 Å². The number of aryl methyl sites for hydroxylation is 2. The second kappa shape index (κ2) is 10.3. The molecule has 0 spiro atoms. The zero-order chi connectivity index (χ0) is 25.4.